The Morgan fingerprint density at radius 3 is 2.69 bits per heavy atom. The molecule has 1 aliphatic heterocycles. The Labute approximate surface area is 175 Å². The molecular weight excluding hydrogens is 408 g/mol. The third-order valence-corrected chi connectivity index (χ3v) is 6.36. The van der Waals surface area contributed by atoms with E-state index in [-0.39, 0.29) is 5.69 Å². The second-order valence-corrected chi connectivity index (χ2v) is 8.25. The lowest BCUT2D eigenvalue weighted by Gasteiger charge is -2.27. The van der Waals surface area contributed by atoms with Crippen LogP contribution in [0.15, 0.2) is 54.6 Å². The van der Waals surface area contributed by atoms with Crippen molar-refractivity contribution in [3.8, 4) is 6.07 Å². The van der Waals surface area contributed by atoms with Gasteiger partial charge < -0.3 is 9.88 Å². The first-order chi connectivity index (χ1) is 14.0. The summed E-state index contributed by atoms with van der Waals surface area (Å²) >= 11 is 6.86. The molecule has 2 heterocycles. The predicted octanol–water partition coefficient (Wildman–Crippen LogP) is 4.46. The molecule has 29 heavy (non-hydrogen) atoms. The number of hydrogen-bond donors (Lipinski definition) is 1. The van der Waals surface area contributed by atoms with E-state index in [0.717, 1.165) is 10.4 Å². The van der Waals surface area contributed by atoms with Crippen LogP contribution in [0.3, 0.4) is 0 Å². The molecule has 0 saturated heterocycles. The third kappa shape index (κ3) is 3.44. The number of nitrogens with zero attached hydrogens (tertiary/aromatic N) is 3. The molecule has 9 heteroatoms. The van der Waals surface area contributed by atoms with Crippen LogP contribution in [-0.4, -0.2) is 15.4 Å². The molecule has 1 aliphatic rings. The zero-order valence-electron chi connectivity index (χ0n) is 14.9. The first kappa shape index (κ1) is 19.0. The zero-order chi connectivity index (χ0) is 20.5. The molecule has 0 aliphatic carbocycles. The molecule has 0 spiro atoms. The lowest BCUT2D eigenvalue weighted by atomic mass is 9.82. The molecular formula is C20H14N4O3S2. The Kier molecular flexibility index (Phi) is 4.96. The number of non-ortho nitro benzene ring substituents is 1. The minimum absolute atomic E-state index is 0.0842. The fourth-order valence-electron chi connectivity index (χ4n) is 3.48. The van der Waals surface area contributed by atoms with Gasteiger partial charge in [-0.2, -0.15) is 5.26 Å². The highest BCUT2D eigenvalue weighted by molar-refractivity contribution is 7.73. The van der Waals surface area contributed by atoms with Crippen molar-refractivity contribution in [3.05, 3.63) is 84.7 Å². The number of nitrogens with one attached hydrogen (secondary N) is 1. The normalized spacial score (nSPS) is 17.8. The molecule has 3 aromatic rings. The van der Waals surface area contributed by atoms with Gasteiger partial charge in [-0.3, -0.25) is 14.9 Å². The number of carbonyl (C=O) groups is 1. The van der Waals surface area contributed by atoms with Crippen molar-refractivity contribution in [2.75, 3.05) is 5.32 Å². The maximum absolute atomic E-state index is 12.7. The Morgan fingerprint density at radius 1 is 1.24 bits per heavy atom. The minimum atomic E-state index is -0.997. The number of fused-ring (bicyclic) bond motifs is 1. The predicted molar refractivity (Wildman–Crippen MR) is 111 cm³/mol. The van der Waals surface area contributed by atoms with Crippen molar-refractivity contribution < 1.29 is 9.72 Å². The number of nitro groups is 1. The number of amides is 1. The van der Waals surface area contributed by atoms with E-state index in [4.69, 9.17) is 12.2 Å². The summed E-state index contributed by atoms with van der Waals surface area (Å²) in [5, 5.41) is 23.7. The Hall–Kier alpha value is -3.35. The lowest BCUT2D eigenvalue weighted by Crippen LogP contribution is -2.33. The molecule has 0 radical (unpaired) electrons. The van der Waals surface area contributed by atoms with Crippen LogP contribution in [0.4, 0.5) is 11.5 Å². The molecule has 4 rings (SSSR count). The van der Waals surface area contributed by atoms with Crippen LogP contribution in [0, 0.1) is 31.3 Å². The van der Waals surface area contributed by atoms with E-state index in [1.807, 2.05) is 34.9 Å². The number of rotatable bonds is 4. The topological polar surface area (TPSA) is 101 Å². The zero-order valence-corrected chi connectivity index (χ0v) is 16.6. The molecule has 1 aromatic heterocycles. The minimum Gasteiger partial charge on any atom is -0.310 e. The van der Waals surface area contributed by atoms with Crippen LogP contribution in [0.5, 0.6) is 0 Å². The summed E-state index contributed by atoms with van der Waals surface area (Å²) in [5.74, 6) is -1.50. The van der Waals surface area contributed by atoms with Crippen LogP contribution in [0.2, 0.25) is 0 Å². The SMILES string of the molecule is N#CC1C(=O)Nc2c(sc(=S)n2Cc2ccccc2)C1c1cccc([N+](=O)[O-])c1. The van der Waals surface area contributed by atoms with Gasteiger partial charge in [0, 0.05) is 18.1 Å². The van der Waals surface area contributed by atoms with Crippen LogP contribution >= 0.6 is 23.6 Å². The quantitative estimate of drug-likeness (QED) is 0.380. The van der Waals surface area contributed by atoms with Gasteiger partial charge in [0.05, 0.1) is 22.4 Å². The van der Waals surface area contributed by atoms with Crippen molar-refractivity contribution in [1.82, 2.24) is 4.57 Å². The third-order valence-electron chi connectivity index (χ3n) is 4.82. The highest BCUT2D eigenvalue weighted by atomic mass is 32.1. The summed E-state index contributed by atoms with van der Waals surface area (Å²) < 4.78 is 2.40. The van der Waals surface area contributed by atoms with Gasteiger partial charge in [0.15, 0.2) is 3.95 Å². The van der Waals surface area contributed by atoms with Gasteiger partial charge in [-0.15, -0.1) is 11.3 Å². The standard InChI is InChI=1S/C20H14N4O3S2/c21-10-15-16(13-7-4-8-14(9-13)24(26)27)17-18(22-19(15)25)23(20(28)29-17)11-12-5-2-1-3-6-12/h1-9,15-16H,11H2,(H,22,25). The van der Waals surface area contributed by atoms with E-state index >= 15 is 0 Å². The number of anilines is 1. The Bertz CT molecular complexity index is 1210. The summed E-state index contributed by atoms with van der Waals surface area (Å²) in [4.78, 5) is 24.1. The highest BCUT2D eigenvalue weighted by Crippen LogP contribution is 2.45. The number of hydrogen-bond acceptors (Lipinski definition) is 6. The van der Waals surface area contributed by atoms with Crippen molar-refractivity contribution in [2.45, 2.75) is 12.5 Å². The molecule has 1 N–H and O–H groups in total. The number of nitro benzene ring substituents is 1. The number of thiazole rings is 1. The Balaban J connectivity index is 1.86. The van der Waals surface area contributed by atoms with Crippen molar-refractivity contribution in [3.63, 3.8) is 0 Å². The van der Waals surface area contributed by atoms with Gasteiger partial charge in [0.2, 0.25) is 5.91 Å². The average molecular weight is 422 g/mol. The maximum atomic E-state index is 12.7. The second kappa shape index (κ2) is 7.58. The van der Waals surface area contributed by atoms with Crippen molar-refractivity contribution in [1.29, 1.82) is 5.26 Å². The summed E-state index contributed by atoms with van der Waals surface area (Å²) in [7, 11) is 0. The van der Waals surface area contributed by atoms with Crippen LogP contribution in [0.1, 0.15) is 21.9 Å². The molecule has 7 nitrogen and oxygen atoms in total. The first-order valence-electron chi connectivity index (χ1n) is 8.72. The second-order valence-electron chi connectivity index (χ2n) is 6.58. The van der Waals surface area contributed by atoms with E-state index in [0.29, 0.717) is 21.9 Å². The number of nitriles is 1. The highest BCUT2D eigenvalue weighted by Gasteiger charge is 2.40. The van der Waals surface area contributed by atoms with Gasteiger partial charge in [-0.1, -0.05) is 42.5 Å². The van der Waals surface area contributed by atoms with E-state index < -0.39 is 22.7 Å². The Morgan fingerprint density at radius 2 is 2.00 bits per heavy atom. The van der Waals surface area contributed by atoms with Gasteiger partial charge in [0.1, 0.15) is 11.7 Å². The molecule has 0 fully saturated rings. The lowest BCUT2D eigenvalue weighted by molar-refractivity contribution is -0.384. The molecule has 0 saturated carbocycles. The molecule has 144 valence electrons. The van der Waals surface area contributed by atoms with Crippen molar-refractivity contribution in [2.24, 2.45) is 5.92 Å². The van der Waals surface area contributed by atoms with Crippen LogP contribution < -0.4 is 5.32 Å². The van der Waals surface area contributed by atoms with E-state index in [2.05, 4.69) is 11.4 Å². The van der Waals surface area contributed by atoms with E-state index in [1.54, 1.807) is 12.1 Å². The largest absolute Gasteiger partial charge is 0.310 e. The summed E-state index contributed by atoms with van der Waals surface area (Å²) in [6.07, 6.45) is 0. The van der Waals surface area contributed by atoms with E-state index in [9.17, 15) is 20.2 Å². The smallest absolute Gasteiger partial charge is 0.269 e. The monoisotopic (exact) mass is 422 g/mol. The molecule has 0 bridgehead atoms. The molecule has 2 aromatic carbocycles. The summed E-state index contributed by atoms with van der Waals surface area (Å²) in [6.45, 7) is 0.477. The van der Waals surface area contributed by atoms with Gasteiger partial charge in [-0.05, 0) is 23.3 Å². The van der Waals surface area contributed by atoms with Crippen LogP contribution in [0.25, 0.3) is 0 Å². The van der Waals surface area contributed by atoms with Crippen molar-refractivity contribution >= 4 is 41.0 Å². The van der Waals surface area contributed by atoms with Gasteiger partial charge in [0.25, 0.3) is 5.69 Å². The fourth-order valence-corrected chi connectivity index (χ4v) is 5.01. The summed E-state index contributed by atoms with van der Waals surface area (Å²) in [6, 6.07) is 17.8. The number of benzene rings is 2. The van der Waals surface area contributed by atoms with E-state index in [1.165, 1.54) is 23.5 Å². The maximum Gasteiger partial charge on any atom is 0.269 e. The molecule has 2 atom stereocenters. The average Bonchev–Trinajstić information content (AvgIpc) is 3.02. The number of aromatic nitrogens is 1. The fraction of sp³-hybridized carbons (Fsp3) is 0.150. The van der Waals surface area contributed by atoms with Gasteiger partial charge >= 0.3 is 0 Å². The molecule has 1 amide bonds. The first-order valence-corrected chi connectivity index (χ1v) is 9.94. The van der Waals surface area contributed by atoms with Gasteiger partial charge in [-0.25, -0.2) is 0 Å². The summed E-state index contributed by atoms with van der Waals surface area (Å²) in [5.41, 5.74) is 1.48. The van der Waals surface area contributed by atoms with Crippen LogP contribution in [-0.2, 0) is 11.3 Å². The molecule has 2 unspecified atom stereocenters. The number of carbonyl (C=O) groups excluding carboxylic acids is 1.